The van der Waals surface area contributed by atoms with Gasteiger partial charge in [-0.15, -0.1) is 12.4 Å². The Balaban J connectivity index is 0.00000200. The minimum Gasteiger partial charge on any atom is -0.495 e. The van der Waals surface area contributed by atoms with Gasteiger partial charge in [0.15, 0.2) is 0 Å². The number of ether oxygens (including phenoxy) is 1. The Bertz CT molecular complexity index is 471. The summed E-state index contributed by atoms with van der Waals surface area (Å²) in [5.74, 6) is 0.501. The fraction of sp³-hybridized carbons (Fsp3) is 0.462. The molecule has 0 radical (unpaired) electrons. The molecule has 0 aliphatic carbocycles. The van der Waals surface area contributed by atoms with Crippen LogP contribution in [0.2, 0.25) is 5.02 Å². The van der Waals surface area contributed by atoms with Gasteiger partial charge in [-0.05, 0) is 24.1 Å². The number of carbonyl (C=O) groups excluding carboxylic acids is 1. The van der Waals surface area contributed by atoms with E-state index in [1.807, 2.05) is 6.07 Å². The van der Waals surface area contributed by atoms with Gasteiger partial charge in [0.2, 0.25) is 5.91 Å². The number of methoxy groups -OCH3 is 1. The van der Waals surface area contributed by atoms with Crippen LogP contribution in [-0.2, 0) is 11.3 Å². The molecule has 2 rings (SSSR count). The molecule has 20 heavy (non-hydrogen) atoms. The van der Waals surface area contributed by atoms with Gasteiger partial charge in [0.05, 0.1) is 24.3 Å². The summed E-state index contributed by atoms with van der Waals surface area (Å²) in [7, 11) is 1.56. The molecule has 1 saturated heterocycles. The van der Waals surface area contributed by atoms with Crippen molar-refractivity contribution in [1.82, 2.24) is 10.6 Å². The largest absolute Gasteiger partial charge is 0.495 e. The first kappa shape index (κ1) is 17.0. The highest BCUT2D eigenvalue weighted by Gasteiger charge is 2.27. The van der Waals surface area contributed by atoms with Gasteiger partial charge in [-0.3, -0.25) is 4.79 Å². The Morgan fingerprint density at radius 1 is 1.60 bits per heavy atom. The van der Waals surface area contributed by atoms with E-state index >= 15 is 0 Å². The fourth-order valence-electron chi connectivity index (χ4n) is 2.05. The number of nitrogens with one attached hydrogen (secondary N) is 2. The first-order valence-corrected chi connectivity index (χ1v) is 6.49. The van der Waals surface area contributed by atoms with Crippen molar-refractivity contribution in [2.45, 2.75) is 25.1 Å². The Morgan fingerprint density at radius 2 is 2.35 bits per heavy atom. The molecule has 2 atom stereocenters. The summed E-state index contributed by atoms with van der Waals surface area (Å²) in [5.41, 5.74) is 0.901. The predicted molar refractivity (Wildman–Crippen MR) is 79.5 cm³/mol. The van der Waals surface area contributed by atoms with Crippen molar-refractivity contribution in [3.63, 3.8) is 0 Å². The number of rotatable bonds is 4. The van der Waals surface area contributed by atoms with Crippen LogP contribution >= 0.6 is 24.0 Å². The summed E-state index contributed by atoms with van der Waals surface area (Å²) in [6.45, 7) is 0.864. The van der Waals surface area contributed by atoms with Crippen LogP contribution in [0.15, 0.2) is 18.2 Å². The molecular formula is C13H18Cl2N2O3. The third-order valence-electron chi connectivity index (χ3n) is 3.11. The van der Waals surface area contributed by atoms with Gasteiger partial charge in [0, 0.05) is 13.1 Å². The second-order valence-electron chi connectivity index (χ2n) is 4.54. The van der Waals surface area contributed by atoms with Crippen LogP contribution in [-0.4, -0.2) is 36.8 Å². The van der Waals surface area contributed by atoms with Gasteiger partial charge in [-0.1, -0.05) is 17.7 Å². The summed E-state index contributed by atoms with van der Waals surface area (Å²) < 4.78 is 5.06. The van der Waals surface area contributed by atoms with Crippen molar-refractivity contribution in [1.29, 1.82) is 0 Å². The van der Waals surface area contributed by atoms with Crippen molar-refractivity contribution in [2.24, 2.45) is 0 Å². The molecule has 2 unspecified atom stereocenters. The van der Waals surface area contributed by atoms with Crippen molar-refractivity contribution in [2.75, 3.05) is 13.7 Å². The smallest absolute Gasteiger partial charge is 0.237 e. The lowest BCUT2D eigenvalue weighted by Crippen LogP contribution is -2.39. The third-order valence-corrected chi connectivity index (χ3v) is 3.40. The summed E-state index contributed by atoms with van der Waals surface area (Å²) in [6, 6.07) is 5.06. The number of hydrogen-bond acceptors (Lipinski definition) is 4. The molecule has 0 aromatic heterocycles. The molecule has 1 aromatic carbocycles. The number of carbonyl (C=O) groups is 1. The van der Waals surface area contributed by atoms with E-state index in [1.54, 1.807) is 19.2 Å². The van der Waals surface area contributed by atoms with E-state index in [-0.39, 0.29) is 24.4 Å². The predicted octanol–water partition coefficient (Wildman–Crippen LogP) is 1.11. The van der Waals surface area contributed by atoms with Crippen LogP contribution in [0.3, 0.4) is 0 Å². The molecule has 1 fully saturated rings. The lowest BCUT2D eigenvalue weighted by atomic mass is 10.1. The highest BCUT2D eigenvalue weighted by atomic mass is 35.5. The summed E-state index contributed by atoms with van der Waals surface area (Å²) in [4.78, 5) is 11.8. The molecule has 5 nitrogen and oxygen atoms in total. The molecule has 1 heterocycles. The maximum absolute atomic E-state index is 11.8. The molecule has 0 spiro atoms. The lowest BCUT2D eigenvalue weighted by Gasteiger charge is -2.11. The van der Waals surface area contributed by atoms with E-state index < -0.39 is 6.10 Å². The average Bonchev–Trinajstić information content (AvgIpc) is 2.83. The first-order chi connectivity index (χ1) is 9.10. The van der Waals surface area contributed by atoms with E-state index in [1.165, 1.54) is 0 Å². The lowest BCUT2D eigenvalue weighted by molar-refractivity contribution is -0.123. The molecular weight excluding hydrogens is 303 g/mol. The molecule has 112 valence electrons. The van der Waals surface area contributed by atoms with Gasteiger partial charge in [-0.2, -0.15) is 0 Å². The SMILES string of the molecule is COc1ccc(CNC(=O)C2CC(O)CN2)cc1Cl.Cl. The zero-order valence-electron chi connectivity index (χ0n) is 11.1. The maximum Gasteiger partial charge on any atom is 0.237 e. The maximum atomic E-state index is 11.8. The average molecular weight is 321 g/mol. The Morgan fingerprint density at radius 3 is 2.90 bits per heavy atom. The molecule has 1 amide bonds. The quantitative estimate of drug-likeness (QED) is 0.777. The summed E-state index contributed by atoms with van der Waals surface area (Å²) >= 11 is 6.01. The van der Waals surface area contributed by atoms with Gasteiger partial charge in [0.1, 0.15) is 5.75 Å². The van der Waals surface area contributed by atoms with Crippen molar-refractivity contribution in [3.8, 4) is 5.75 Å². The number of aliphatic hydroxyl groups excluding tert-OH is 1. The Hall–Kier alpha value is -1.01. The van der Waals surface area contributed by atoms with Crippen LogP contribution in [0.5, 0.6) is 5.75 Å². The van der Waals surface area contributed by atoms with Gasteiger partial charge < -0.3 is 20.5 Å². The van der Waals surface area contributed by atoms with Crippen molar-refractivity contribution in [3.05, 3.63) is 28.8 Å². The minimum absolute atomic E-state index is 0. The molecule has 7 heteroatoms. The van der Waals surface area contributed by atoms with E-state index in [4.69, 9.17) is 16.3 Å². The van der Waals surface area contributed by atoms with Gasteiger partial charge in [-0.25, -0.2) is 0 Å². The second-order valence-corrected chi connectivity index (χ2v) is 4.94. The van der Waals surface area contributed by atoms with Crippen LogP contribution in [0.25, 0.3) is 0 Å². The first-order valence-electron chi connectivity index (χ1n) is 6.11. The number of aliphatic hydroxyl groups is 1. The van der Waals surface area contributed by atoms with Gasteiger partial charge in [0.25, 0.3) is 0 Å². The second kappa shape index (κ2) is 7.69. The van der Waals surface area contributed by atoms with Crippen LogP contribution in [0.4, 0.5) is 0 Å². The highest BCUT2D eigenvalue weighted by molar-refractivity contribution is 6.32. The molecule has 1 aromatic rings. The number of halogens is 2. The molecule has 3 N–H and O–H groups in total. The zero-order valence-corrected chi connectivity index (χ0v) is 12.6. The topological polar surface area (TPSA) is 70.6 Å². The van der Waals surface area contributed by atoms with E-state index in [0.29, 0.717) is 30.3 Å². The summed E-state index contributed by atoms with van der Waals surface area (Å²) in [5, 5.41) is 15.6. The number of amides is 1. The van der Waals surface area contributed by atoms with E-state index in [9.17, 15) is 9.90 Å². The van der Waals surface area contributed by atoms with E-state index in [2.05, 4.69) is 10.6 Å². The molecule has 1 aliphatic rings. The van der Waals surface area contributed by atoms with Gasteiger partial charge >= 0.3 is 0 Å². The van der Waals surface area contributed by atoms with Crippen LogP contribution < -0.4 is 15.4 Å². The highest BCUT2D eigenvalue weighted by Crippen LogP contribution is 2.24. The van der Waals surface area contributed by atoms with Crippen molar-refractivity contribution < 1.29 is 14.6 Å². The number of hydrogen-bond donors (Lipinski definition) is 3. The standard InChI is InChI=1S/C13H17ClN2O3.ClH/c1-19-12-3-2-8(4-10(12)14)6-16-13(18)11-5-9(17)7-15-11;/h2-4,9,11,15,17H,5-7H2,1H3,(H,16,18);1H. The molecule has 0 saturated carbocycles. The summed E-state index contributed by atoms with van der Waals surface area (Å²) in [6.07, 6.45) is 0.0149. The number of benzene rings is 1. The number of β-amino-alcohol motifs (C(OH)–C–C–N with tert-alkyl or cyclic N) is 1. The molecule has 1 aliphatic heterocycles. The Labute approximate surface area is 129 Å². The Kier molecular flexibility index (Phi) is 6.55. The van der Waals surface area contributed by atoms with E-state index in [0.717, 1.165) is 5.56 Å². The van der Waals surface area contributed by atoms with Crippen molar-refractivity contribution >= 4 is 29.9 Å². The monoisotopic (exact) mass is 320 g/mol. The third kappa shape index (κ3) is 4.24. The molecule has 0 bridgehead atoms. The zero-order chi connectivity index (χ0) is 13.8. The van der Waals surface area contributed by atoms with Crippen LogP contribution in [0, 0.1) is 0 Å². The fourth-order valence-corrected chi connectivity index (χ4v) is 2.33. The van der Waals surface area contributed by atoms with Crippen LogP contribution in [0.1, 0.15) is 12.0 Å². The normalized spacial score (nSPS) is 21.1. The minimum atomic E-state index is -0.439.